The first-order chi connectivity index (χ1) is 21.2. The Labute approximate surface area is 258 Å². The van der Waals surface area contributed by atoms with E-state index in [-0.39, 0.29) is 23.0 Å². The number of phenols is 3. The van der Waals surface area contributed by atoms with Crippen LogP contribution in [0.25, 0.3) is 22.3 Å². The van der Waals surface area contributed by atoms with Crippen LogP contribution < -0.4 is 0 Å². The molecule has 4 N–H and O–H groups in total. The predicted molar refractivity (Wildman–Crippen MR) is 181 cm³/mol. The van der Waals surface area contributed by atoms with Crippen molar-refractivity contribution in [3.05, 3.63) is 174 Å². The van der Waals surface area contributed by atoms with E-state index < -0.39 is 5.41 Å². The van der Waals surface area contributed by atoms with E-state index in [0.29, 0.717) is 17.6 Å². The molecule has 44 heavy (non-hydrogen) atoms. The Hall–Kier alpha value is -5.48. The minimum atomic E-state index is -0.989. The predicted octanol–water partition coefficient (Wildman–Crippen LogP) is 9.78. The van der Waals surface area contributed by atoms with Crippen molar-refractivity contribution in [2.75, 3.05) is 0 Å². The Bertz CT molecular complexity index is 1820. The molecule has 220 valence electrons. The van der Waals surface area contributed by atoms with Crippen LogP contribution >= 0.6 is 0 Å². The van der Waals surface area contributed by atoms with Gasteiger partial charge in [0.25, 0.3) is 0 Å². The third-order valence-electron chi connectivity index (χ3n) is 8.13. The van der Waals surface area contributed by atoms with Gasteiger partial charge in [0.2, 0.25) is 0 Å². The lowest BCUT2D eigenvalue weighted by molar-refractivity contribution is 0.384. The maximum absolute atomic E-state index is 11.6. The minimum absolute atomic E-state index is 0.0948. The largest absolute Gasteiger partial charge is 0.512 e. The fourth-order valence-electron chi connectivity index (χ4n) is 5.74. The molecule has 0 aromatic heterocycles. The highest BCUT2D eigenvalue weighted by molar-refractivity contribution is 5.80. The van der Waals surface area contributed by atoms with Gasteiger partial charge in [-0.3, -0.25) is 0 Å². The summed E-state index contributed by atoms with van der Waals surface area (Å²) in [6, 6.07) is 27.5. The van der Waals surface area contributed by atoms with E-state index in [9.17, 15) is 20.4 Å². The zero-order valence-corrected chi connectivity index (χ0v) is 24.9. The second kappa shape index (κ2) is 12.8. The van der Waals surface area contributed by atoms with Gasteiger partial charge >= 0.3 is 0 Å². The number of aliphatic hydroxyl groups excluding tert-OH is 1. The molecule has 4 heteroatoms. The van der Waals surface area contributed by atoms with Gasteiger partial charge in [-0.1, -0.05) is 97.6 Å². The number of hydrogen-bond acceptors (Lipinski definition) is 4. The summed E-state index contributed by atoms with van der Waals surface area (Å²) in [5, 5.41) is 42.8. The molecule has 1 aliphatic rings. The van der Waals surface area contributed by atoms with Crippen molar-refractivity contribution in [3.63, 3.8) is 0 Å². The van der Waals surface area contributed by atoms with Gasteiger partial charge in [0.1, 0.15) is 23.0 Å². The normalized spacial score (nSPS) is 15.1. The van der Waals surface area contributed by atoms with E-state index in [0.717, 1.165) is 39.0 Å². The molecule has 0 aliphatic heterocycles. The van der Waals surface area contributed by atoms with Crippen molar-refractivity contribution in [2.24, 2.45) is 0 Å². The molecule has 4 nitrogen and oxygen atoms in total. The Morgan fingerprint density at radius 2 is 1.39 bits per heavy atom. The number of allylic oxidation sites excluding steroid dienone is 10. The molecule has 0 amide bonds. The second-order valence-electron chi connectivity index (χ2n) is 11.0. The highest BCUT2D eigenvalue weighted by Crippen LogP contribution is 2.47. The zero-order chi connectivity index (χ0) is 31.3. The molecule has 0 fully saturated rings. The number of aliphatic hydroxyl groups is 1. The summed E-state index contributed by atoms with van der Waals surface area (Å²) in [5.41, 5.74) is 6.68. The fourth-order valence-corrected chi connectivity index (χ4v) is 5.74. The maximum atomic E-state index is 11.6. The average molecular weight is 581 g/mol. The molecule has 0 spiro atoms. The number of rotatable bonds is 8. The molecule has 0 heterocycles. The van der Waals surface area contributed by atoms with Crippen LogP contribution in [0.1, 0.15) is 42.5 Å². The standard InChI is InChI=1S/C40H36O4/c1-4-7-27(8-5-2)28-11-18-33(19-12-28)40(3,37-26-32(17-24-39(37)44)30-15-22-35(42)23-16-30)36-25-31(9-6-10-38(36)43)29-13-20-34(41)21-14-29/h4-9,11-26,41-44H,1,10H2,2-3H3/b8-5-,27-7+. The van der Waals surface area contributed by atoms with Crippen LogP contribution in [-0.4, -0.2) is 20.4 Å². The zero-order valence-electron chi connectivity index (χ0n) is 24.9. The summed E-state index contributed by atoms with van der Waals surface area (Å²) in [4.78, 5) is 0. The monoisotopic (exact) mass is 580 g/mol. The summed E-state index contributed by atoms with van der Waals surface area (Å²) in [6.45, 7) is 7.85. The number of phenolic OH excluding ortho intramolecular Hbond substituents is 3. The summed E-state index contributed by atoms with van der Waals surface area (Å²) >= 11 is 0. The van der Waals surface area contributed by atoms with Gasteiger partial charge in [-0.05, 0) is 95.3 Å². The highest BCUT2D eigenvalue weighted by Gasteiger charge is 2.37. The molecule has 0 bridgehead atoms. The molecule has 0 saturated carbocycles. The van der Waals surface area contributed by atoms with E-state index in [1.807, 2.05) is 111 Å². The topological polar surface area (TPSA) is 80.9 Å². The number of aromatic hydroxyl groups is 3. The molecule has 0 radical (unpaired) electrons. The van der Waals surface area contributed by atoms with Crippen molar-refractivity contribution in [2.45, 2.75) is 25.7 Å². The first kappa shape index (κ1) is 30.0. The third-order valence-corrected chi connectivity index (χ3v) is 8.13. The van der Waals surface area contributed by atoms with E-state index >= 15 is 0 Å². The quantitative estimate of drug-likeness (QED) is 0.156. The van der Waals surface area contributed by atoms with E-state index in [4.69, 9.17) is 0 Å². The minimum Gasteiger partial charge on any atom is -0.512 e. The van der Waals surface area contributed by atoms with Gasteiger partial charge in [0.15, 0.2) is 0 Å². The fraction of sp³-hybridized carbons (Fsp3) is 0.100. The van der Waals surface area contributed by atoms with Gasteiger partial charge in [-0.2, -0.15) is 0 Å². The smallest absolute Gasteiger partial charge is 0.120 e. The van der Waals surface area contributed by atoms with Crippen LogP contribution in [0.2, 0.25) is 0 Å². The number of hydrogen-bond donors (Lipinski definition) is 4. The van der Waals surface area contributed by atoms with Gasteiger partial charge in [-0.25, -0.2) is 0 Å². The van der Waals surface area contributed by atoms with E-state index in [1.165, 1.54) is 0 Å². The molecule has 1 unspecified atom stereocenters. The molecule has 4 aromatic rings. The van der Waals surface area contributed by atoms with Crippen LogP contribution in [0, 0.1) is 0 Å². The van der Waals surface area contributed by atoms with Crippen molar-refractivity contribution < 1.29 is 20.4 Å². The molecular weight excluding hydrogens is 544 g/mol. The molecule has 1 atom stereocenters. The van der Waals surface area contributed by atoms with Crippen LogP contribution in [0.15, 0.2) is 151 Å². The van der Waals surface area contributed by atoms with Crippen molar-refractivity contribution in [3.8, 4) is 28.4 Å². The SMILES string of the molecule is C=C/C=C(\C=C/C)c1ccc(C(C)(C2=C(O)CC=CC(c3ccc(O)cc3)=C2)c2cc(-c3ccc(O)cc3)ccc2O)cc1. The number of benzene rings is 4. The van der Waals surface area contributed by atoms with Gasteiger partial charge < -0.3 is 20.4 Å². The molecular formula is C40H36O4. The highest BCUT2D eigenvalue weighted by atomic mass is 16.3. The summed E-state index contributed by atoms with van der Waals surface area (Å²) in [7, 11) is 0. The van der Waals surface area contributed by atoms with Gasteiger partial charge in [-0.15, -0.1) is 0 Å². The average Bonchev–Trinajstić information content (AvgIpc) is 3.23. The van der Waals surface area contributed by atoms with Crippen LogP contribution in [0.5, 0.6) is 17.2 Å². The Kier molecular flexibility index (Phi) is 8.73. The summed E-state index contributed by atoms with van der Waals surface area (Å²) in [5.74, 6) is 0.636. The van der Waals surface area contributed by atoms with E-state index in [2.05, 4.69) is 6.58 Å². The molecule has 5 rings (SSSR count). The second-order valence-corrected chi connectivity index (χ2v) is 11.0. The maximum Gasteiger partial charge on any atom is 0.120 e. The summed E-state index contributed by atoms with van der Waals surface area (Å²) < 4.78 is 0. The lowest BCUT2D eigenvalue weighted by Gasteiger charge is -2.34. The summed E-state index contributed by atoms with van der Waals surface area (Å²) in [6.07, 6.45) is 13.9. The van der Waals surface area contributed by atoms with Crippen molar-refractivity contribution in [1.82, 2.24) is 0 Å². The van der Waals surface area contributed by atoms with Crippen molar-refractivity contribution in [1.29, 1.82) is 0 Å². The lowest BCUT2D eigenvalue weighted by atomic mass is 9.68. The van der Waals surface area contributed by atoms with Crippen molar-refractivity contribution >= 4 is 11.1 Å². The Balaban J connectivity index is 1.76. The first-order valence-corrected chi connectivity index (χ1v) is 14.5. The molecule has 1 aliphatic carbocycles. The van der Waals surface area contributed by atoms with Crippen LogP contribution in [0.4, 0.5) is 0 Å². The van der Waals surface area contributed by atoms with E-state index in [1.54, 1.807) is 36.4 Å². The van der Waals surface area contributed by atoms with Gasteiger partial charge in [0, 0.05) is 23.0 Å². The van der Waals surface area contributed by atoms with Crippen LogP contribution in [0.3, 0.4) is 0 Å². The molecule has 0 saturated heterocycles. The van der Waals surface area contributed by atoms with Gasteiger partial charge in [0.05, 0.1) is 0 Å². The third kappa shape index (κ3) is 6.02. The van der Waals surface area contributed by atoms with Crippen LogP contribution in [-0.2, 0) is 5.41 Å². The molecule has 4 aromatic carbocycles. The Morgan fingerprint density at radius 1 is 0.773 bits per heavy atom. The Morgan fingerprint density at radius 3 is 2.00 bits per heavy atom. The first-order valence-electron chi connectivity index (χ1n) is 14.5. The lowest BCUT2D eigenvalue weighted by Crippen LogP contribution is -2.27.